The molecule has 0 amide bonds. The van der Waals surface area contributed by atoms with E-state index in [0.717, 1.165) is 42.7 Å². The highest BCUT2D eigenvalue weighted by Crippen LogP contribution is 2.25. The van der Waals surface area contributed by atoms with Crippen LogP contribution in [-0.2, 0) is 7.05 Å². The molecule has 0 radical (unpaired) electrons. The summed E-state index contributed by atoms with van der Waals surface area (Å²) in [5.74, 6) is 2.58. The van der Waals surface area contributed by atoms with Gasteiger partial charge in [0, 0.05) is 25.3 Å². The van der Waals surface area contributed by atoms with Crippen molar-refractivity contribution in [2.75, 3.05) is 25.5 Å². The number of halogens is 1. The Kier molecular flexibility index (Phi) is 6.10. The summed E-state index contributed by atoms with van der Waals surface area (Å²) in [5, 5.41) is 13.0. The molecule has 1 fully saturated rings. The molecule has 19 heavy (non-hydrogen) atoms. The molecule has 1 aromatic rings. The van der Waals surface area contributed by atoms with Crippen molar-refractivity contribution in [2.45, 2.75) is 43.2 Å². The van der Waals surface area contributed by atoms with Gasteiger partial charge in [-0.15, -0.1) is 10.2 Å². The summed E-state index contributed by atoms with van der Waals surface area (Å²) in [6, 6.07) is 0. The van der Waals surface area contributed by atoms with Crippen LogP contribution in [0.2, 0.25) is 0 Å². The molecule has 2 rings (SSSR count). The molecule has 0 aliphatic carbocycles. The quantitative estimate of drug-likeness (QED) is 0.618. The van der Waals surface area contributed by atoms with Crippen LogP contribution in [-0.4, -0.2) is 40.3 Å². The van der Waals surface area contributed by atoms with Crippen molar-refractivity contribution < 1.29 is 4.39 Å². The number of piperidine rings is 1. The van der Waals surface area contributed by atoms with Crippen LogP contribution in [0.5, 0.6) is 0 Å². The molecular weight excluding hydrogens is 263 g/mol. The fourth-order valence-corrected chi connectivity index (χ4v) is 3.33. The van der Waals surface area contributed by atoms with Gasteiger partial charge in [0.15, 0.2) is 5.16 Å². The summed E-state index contributed by atoms with van der Waals surface area (Å²) < 4.78 is 14.1. The summed E-state index contributed by atoms with van der Waals surface area (Å²) in [6.45, 7) is 1.92. The fraction of sp³-hybridized carbons (Fsp3) is 0.846. The first-order chi connectivity index (χ1) is 9.33. The summed E-state index contributed by atoms with van der Waals surface area (Å²) in [7, 11) is 2.05. The molecule has 1 atom stereocenters. The third kappa shape index (κ3) is 4.18. The van der Waals surface area contributed by atoms with Crippen LogP contribution in [0.25, 0.3) is 0 Å². The van der Waals surface area contributed by atoms with Crippen molar-refractivity contribution in [1.29, 1.82) is 0 Å². The second kappa shape index (κ2) is 7.85. The Morgan fingerprint density at radius 1 is 1.37 bits per heavy atom. The second-order valence-electron chi connectivity index (χ2n) is 5.04. The second-order valence-corrected chi connectivity index (χ2v) is 6.10. The number of hydrogen-bond acceptors (Lipinski definition) is 4. The lowest BCUT2D eigenvalue weighted by Crippen LogP contribution is -2.29. The molecule has 0 spiro atoms. The highest BCUT2D eigenvalue weighted by molar-refractivity contribution is 7.99. The number of nitrogens with one attached hydrogen (secondary N) is 1. The van der Waals surface area contributed by atoms with Crippen LogP contribution < -0.4 is 5.32 Å². The highest BCUT2D eigenvalue weighted by Gasteiger charge is 2.21. The predicted octanol–water partition coefficient (Wildman–Crippen LogP) is 2.51. The molecule has 0 aromatic carbocycles. The van der Waals surface area contributed by atoms with Gasteiger partial charge in [-0.05, 0) is 32.2 Å². The van der Waals surface area contributed by atoms with Crippen LogP contribution in [0, 0.1) is 0 Å². The van der Waals surface area contributed by atoms with Crippen LogP contribution in [0.3, 0.4) is 0 Å². The van der Waals surface area contributed by atoms with E-state index in [1.54, 1.807) is 11.8 Å². The van der Waals surface area contributed by atoms with Crippen molar-refractivity contribution in [2.24, 2.45) is 7.05 Å². The normalized spacial score (nSPS) is 19.8. The van der Waals surface area contributed by atoms with E-state index >= 15 is 0 Å². The van der Waals surface area contributed by atoms with Gasteiger partial charge in [-0.25, -0.2) is 0 Å². The van der Waals surface area contributed by atoms with Gasteiger partial charge in [0.2, 0.25) is 0 Å². The number of thioether (sulfide) groups is 1. The molecule has 1 saturated heterocycles. The van der Waals surface area contributed by atoms with E-state index in [0.29, 0.717) is 12.3 Å². The molecular formula is C13H23FN4S. The number of alkyl halides is 1. The Morgan fingerprint density at radius 3 is 3.00 bits per heavy atom. The SMILES string of the molecule is Cn1c(SCCCCCF)nnc1[C@H]1CCCNC1. The van der Waals surface area contributed by atoms with Crippen molar-refractivity contribution >= 4 is 11.8 Å². The molecule has 0 bridgehead atoms. The zero-order valence-corrected chi connectivity index (χ0v) is 12.4. The third-order valence-electron chi connectivity index (χ3n) is 3.54. The van der Waals surface area contributed by atoms with Gasteiger partial charge in [0.05, 0.1) is 6.67 Å². The molecule has 0 unspecified atom stereocenters. The molecule has 108 valence electrons. The first-order valence-electron chi connectivity index (χ1n) is 7.11. The van der Waals surface area contributed by atoms with Gasteiger partial charge >= 0.3 is 0 Å². The Hall–Kier alpha value is -0.620. The van der Waals surface area contributed by atoms with Gasteiger partial charge in [0.25, 0.3) is 0 Å². The number of hydrogen-bond donors (Lipinski definition) is 1. The maximum atomic E-state index is 12.0. The maximum absolute atomic E-state index is 12.0. The molecule has 1 aliphatic rings. The average molecular weight is 286 g/mol. The molecule has 1 aromatic heterocycles. The average Bonchev–Trinajstić information content (AvgIpc) is 2.81. The zero-order chi connectivity index (χ0) is 13.5. The van der Waals surface area contributed by atoms with Crippen molar-refractivity contribution in [3.05, 3.63) is 5.82 Å². The largest absolute Gasteiger partial charge is 0.316 e. The molecule has 1 N–H and O–H groups in total. The Bertz CT molecular complexity index is 377. The minimum atomic E-state index is -0.201. The van der Waals surface area contributed by atoms with E-state index < -0.39 is 0 Å². The topological polar surface area (TPSA) is 42.7 Å². The van der Waals surface area contributed by atoms with Crippen LogP contribution in [0.1, 0.15) is 43.8 Å². The number of rotatable bonds is 7. The van der Waals surface area contributed by atoms with Gasteiger partial charge in [0.1, 0.15) is 5.82 Å². The van der Waals surface area contributed by atoms with E-state index in [4.69, 9.17) is 0 Å². The molecule has 6 heteroatoms. The lowest BCUT2D eigenvalue weighted by atomic mass is 9.99. The van der Waals surface area contributed by atoms with Gasteiger partial charge < -0.3 is 9.88 Å². The summed E-state index contributed by atoms with van der Waals surface area (Å²) in [5.41, 5.74) is 0. The van der Waals surface area contributed by atoms with Gasteiger partial charge in [-0.3, -0.25) is 4.39 Å². The lowest BCUT2D eigenvalue weighted by Gasteiger charge is -2.21. The summed E-state index contributed by atoms with van der Waals surface area (Å²) >= 11 is 1.73. The summed E-state index contributed by atoms with van der Waals surface area (Å²) in [4.78, 5) is 0. The number of aromatic nitrogens is 3. The Labute approximate surface area is 118 Å². The molecule has 1 aliphatic heterocycles. The van der Waals surface area contributed by atoms with Gasteiger partial charge in [-0.2, -0.15) is 0 Å². The van der Waals surface area contributed by atoms with Crippen LogP contribution in [0.15, 0.2) is 5.16 Å². The van der Waals surface area contributed by atoms with E-state index in [1.165, 1.54) is 12.8 Å². The van der Waals surface area contributed by atoms with E-state index in [-0.39, 0.29) is 6.67 Å². The van der Waals surface area contributed by atoms with E-state index in [2.05, 4.69) is 20.1 Å². The minimum Gasteiger partial charge on any atom is -0.316 e. The van der Waals surface area contributed by atoms with Crippen molar-refractivity contribution in [3.63, 3.8) is 0 Å². The molecule has 4 nitrogen and oxygen atoms in total. The highest BCUT2D eigenvalue weighted by atomic mass is 32.2. The maximum Gasteiger partial charge on any atom is 0.190 e. The van der Waals surface area contributed by atoms with E-state index in [1.807, 2.05) is 7.05 Å². The first kappa shape index (κ1) is 14.8. The number of unbranched alkanes of at least 4 members (excludes halogenated alkanes) is 2. The zero-order valence-electron chi connectivity index (χ0n) is 11.6. The van der Waals surface area contributed by atoms with Crippen LogP contribution >= 0.6 is 11.8 Å². The number of nitrogens with zero attached hydrogens (tertiary/aromatic N) is 3. The smallest absolute Gasteiger partial charge is 0.190 e. The summed E-state index contributed by atoms with van der Waals surface area (Å²) in [6.07, 6.45) is 5.09. The minimum absolute atomic E-state index is 0.201. The van der Waals surface area contributed by atoms with Crippen LogP contribution in [0.4, 0.5) is 4.39 Å². The van der Waals surface area contributed by atoms with E-state index in [9.17, 15) is 4.39 Å². The Morgan fingerprint density at radius 2 is 2.26 bits per heavy atom. The van der Waals surface area contributed by atoms with Crippen molar-refractivity contribution in [1.82, 2.24) is 20.1 Å². The molecule has 2 heterocycles. The predicted molar refractivity (Wildman–Crippen MR) is 76.4 cm³/mol. The lowest BCUT2D eigenvalue weighted by molar-refractivity contribution is 0.436. The fourth-order valence-electron chi connectivity index (χ4n) is 2.42. The Balaban J connectivity index is 1.83. The first-order valence-corrected chi connectivity index (χ1v) is 8.10. The standard InChI is InChI=1S/C13H23FN4S/c1-18-12(11-6-5-8-15-10-11)16-17-13(18)19-9-4-2-3-7-14/h11,15H,2-10H2,1H3/t11-/m0/s1. The van der Waals surface area contributed by atoms with Crippen molar-refractivity contribution in [3.8, 4) is 0 Å². The monoisotopic (exact) mass is 286 g/mol. The molecule has 0 saturated carbocycles. The van der Waals surface area contributed by atoms with Gasteiger partial charge in [-0.1, -0.05) is 18.2 Å². The third-order valence-corrected chi connectivity index (χ3v) is 4.65.